The molecule has 5 nitrogen and oxygen atoms in total. The van der Waals surface area contributed by atoms with Gasteiger partial charge in [0, 0.05) is 25.2 Å². The van der Waals surface area contributed by atoms with Crippen molar-refractivity contribution in [3.8, 4) is 5.75 Å². The van der Waals surface area contributed by atoms with Crippen LogP contribution in [0.2, 0.25) is 0 Å². The second-order valence-corrected chi connectivity index (χ2v) is 6.95. The first-order chi connectivity index (χ1) is 13.1. The van der Waals surface area contributed by atoms with Crippen LogP contribution < -0.4 is 15.0 Å². The standard InChI is InChI=1S/C22H26N2O3/c1-3-11-27-20-9-7-19(8-10-20)24-15-18(13-21(24)25)22(26)23-14-17-6-4-5-16(2)12-17/h4-10,12,18H,3,11,13-15H2,1-2H3,(H,23,26)/t18-/m1/s1. The fraction of sp³-hybridized carbons (Fsp3) is 0.364. The van der Waals surface area contributed by atoms with E-state index in [9.17, 15) is 9.59 Å². The highest BCUT2D eigenvalue weighted by atomic mass is 16.5. The Morgan fingerprint density at radius 3 is 2.70 bits per heavy atom. The summed E-state index contributed by atoms with van der Waals surface area (Å²) in [4.78, 5) is 26.5. The number of rotatable bonds is 7. The molecule has 0 unspecified atom stereocenters. The van der Waals surface area contributed by atoms with E-state index in [1.54, 1.807) is 4.90 Å². The Bertz CT molecular complexity index is 801. The molecule has 1 aliphatic heterocycles. The van der Waals surface area contributed by atoms with Crippen LogP contribution in [0.1, 0.15) is 30.9 Å². The van der Waals surface area contributed by atoms with E-state index in [-0.39, 0.29) is 24.2 Å². The number of hydrogen-bond donors (Lipinski definition) is 1. The normalized spacial score (nSPS) is 16.4. The first kappa shape index (κ1) is 19.0. The fourth-order valence-electron chi connectivity index (χ4n) is 3.23. The molecule has 1 saturated heterocycles. The van der Waals surface area contributed by atoms with Crippen molar-refractivity contribution >= 4 is 17.5 Å². The summed E-state index contributed by atoms with van der Waals surface area (Å²) in [7, 11) is 0. The van der Waals surface area contributed by atoms with E-state index in [0.717, 1.165) is 29.0 Å². The number of hydrogen-bond acceptors (Lipinski definition) is 3. The van der Waals surface area contributed by atoms with Crippen molar-refractivity contribution in [2.75, 3.05) is 18.1 Å². The topological polar surface area (TPSA) is 58.6 Å². The molecule has 0 aliphatic carbocycles. The maximum Gasteiger partial charge on any atom is 0.227 e. The zero-order valence-electron chi connectivity index (χ0n) is 15.9. The van der Waals surface area contributed by atoms with Crippen molar-refractivity contribution in [1.29, 1.82) is 0 Å². The van der Waals surface area contributed by atoms with E-state index in [0.29, 0.717) is 19.7 Å². The molecule has 1 aliphatic rings. The number of aryl methyl sites for hydroxylation is 1. The summed E-state index contributed by atoms with van der Waals surface area (Å²) in [6.07, 6.45) is 1.19. The van der Waals surface area contributed by atoms with E-state index in [2.05, 4.69) is 18.3 Å². The number of nitrogens with zero attached hydrogens (tertiary/aromatic N) is 1. The fourth-order valence-corrected chi connectivity index (χ4v) is 3.23. The van der Waals surface area contributed by atoms with Gasteiger partial charge in [0.25, 0.3) is 0 Å². The molecule has 0 aromatic heterocycles. The van der Waals surface area contributed by atoms with Crippen molar-refractivity contribution in [1.82, 2.24) is 5.32 Å². The minimum atomic E-state index is -0.321. The lowest BCUT2D eigenvalue weighted by Gasteiger charge is -2.17. The van der Waals surface area contributed by atoms with Gasteiger partial charge in [0.1, 0.15) is 5.75 Å². The molecule has 2 amide bonds. The van der Waals surface area contributed by atoms with Crippen LogP contribution in [-0.2, 0) is 16.1 Å². The SMILES string of the molecule is CCCOc1ccc(N2C[C@H](C(=O)NCc3cccc(C)c3)CC2=O)cc1. The van der Waals surface area contributed by atoms with Gasteiger partial charge >= 0.3 is 0 Å². The van der Waals surface area contributed by atoms with Crippen LogP contribution in [-0.4, -0.2) is 25.0 Å². The maximum absolute atomic E-state index is 12.5. The first-order valence-electron chi connectivity index (χ1n) is 9.43. The Labute approximate surface area is 160 Å². The van der Waals surface area contributed by atoms with Crippen LogP contribution >= 0.6 is 0 Å². The predicted octanol–water partition coefficient (Wildman–Crippen LogP) is 3.45. The maximum atomic E-state index is 12.5. The first-order valence-corrected chi connectivity index (χ1v) is 9.43. The van der Waals surface area contributed by atoms with Crippen molar-refractivity contribution in [2.24, 2.45) is 5.92 Å². The highest BCUT2D eigenvalue weighted by Gasteiger charge is 2.34. The van der Waals surface area contributed by atoms with Crippen molar-refractivity contribution in [3.05, 3.63) is 59.7 Å². The van der Waals surface area contributed by atoms with Gasteiger partial charge in [-0.25, -0.2) is 0 Å². The summed E-state index contributed by atoms with van der Waals surface area (Å²) in [5, 5.41) is 2.96. The Morgan fingerprint density at radius 2 is 2.00 bits per heavy atom. The van der Waals surface area contributed by atoms with Gasteiger partial charge in [-0.2, -0.15) is 0 Å². The Hall–Kier alpha value is -2.82. The summed E-state index contributed by atoms with van der Waals surface area (Å²) in [6.45, 7) is 5.65. The lowest BCUT2D eigenvalue weighted by atomic mass is 10.1. The second kappa shape index (κ2) is 8.71. The molecule has 2 aromatic rings. The van der Waals surface area contributed by atoms with E-state index in [4.69, 9.17) is 4.74 Å². The van der Waals surface area contributed by atoms with E-state index in [1.165, 1.54) is 0 Å². The number of benzene rings is 2. The van der Waals surface area contributed by atoms with Gasteiger partial charge < -0.3 is 15.0 Å². The summed E-state index contributed by atoms with van der Waals surface area (Å²) in [6, 6.07) is 15.5. The van der Waals surface area contributed by atoms with Crippen LogP contribution in [0.25, 0.3) is 0 Å². The Balaban J connectivity index is 1.57. The molecular weight excluding hydrogens is 340 g/mol. The van der Waals surface area contributed by atoms with Gasteiger partial charge in [0.2, 0.25) is 11.8 Å². The smallest absolute Gasteiger partial charge is 0.227 e. The van der Waals surface area contributed by atoms with Crippen LogP contribution in [0.5, 0.6) is 5.75 Å². The third-order valence-electron chi connectivity index (χ3n) is 4.67. The molecule has 1 heterocycles. The largest absolute Gasteiger partial charge is 0.494 e. The number of carbonyl (C=O) groups excluding carboxylic acids is 2. The third-order valence-corrected chi connectivity index (χ3v) is 4.67. The molecule has 0 radical (unpaired) electrons. The highest BCUT2D eigenvalue weighted by Crippen LogP contribution is 2.27. The predicted molar refractivity (Wildman–Crippen MR) is 106 cm³/mol. The molecule has 27 heavy (non-hydrogen) atoms. The molecule has 3 rings (SSSR count). The average Bonchev–Trinajstić information content (AvgIpc) is 3.07. The van der Waals surface area contributed by atoms with Crippen molar-refractivity contribution < 1.29 is 14.3 Å². The number of ether oxygens (including phenoxy) is 1. The zero-order chi connectivity index (χ0) is 19.2. The van der Waals surface area contributed by atoms with E-state index in [1.807, 2.05) is 49.4 Å². The number of amides is 2. The molecular formula is C22H26N2O3. The summed E-state index contributed by atoms with van der Waals surface area (Å²) in [5.41, 5.74) is 3.03. The van der Waals surface area contributed by atoms with Crippen LogP contribution in [0.15, 0.2) is 48.5 Å². The number of carbonyl (C=O) groups is 2. The molecule has 5 heteroatoms. The minimum absolute atomic E-state index is 0.0204. The van der Waals surface area contributed by atoms with Gasteiger partial charge in [-0.05, 0) is 43.2 Å². The average molecular weight is 366 g/mol. The van der Waals surface area contributed by atoms with Crippen molar-refractivity contribution in [2.45, 2.75) is 33.2 Å². The lowest BCUT2D eigenvalue weighted by Crippen LogP contribution is -2.32. The lowest BCUT2D eigenvalue weighted by molar-refractivity contribution is -0.126. The van der Waals surface area contributed by atoms with Crippen LogP contribution in [0.3, 0.4) is 0 Å². The van der Waals surface area contributed by atoms with Gasteiger partial charge in [-0.3, -0.25) is 9.59 Å². The van der Waals surface area contributed by atoms with E-state index < -0.39 is 0 Å². The Morgan fingerprint density at radius 1 is 1.22 bits per heavy atom. The quantitative estimate of drug-likeness (QED) is 0.816. The number of nitrogens with one attached hydrogen (secondary N) is 1. The monoisotopic (exact) mass is 366 g/mol. The highest BCUT2D eigenvalue weighted by molar-refractivity contribution is 6.00. The number of anilines is 1. The van der Waals surface area contributed by atoms with Gasteiger partial charge in [-0.15, -0.1) is 0 Å². The van der Waals surface area contributed by atoms with Crippen molar-refractivity contribution in [3.63, 3.8) is 0 Å². The molecule has 142 valence electrons. The summed E-state index contributed by atoms with van der Waals surface area (Å²) < 4.78 is 5.57. The van der Waals surface area contributed by atoms with E-state index >= 15 is 0 Å². The molecule has 1 fully saturated rings. The van der Waals surface area contributed by atoms with Gasteiger partial charge in [-0.1, -0.05) is 36.8 Å². The summed E-state index contributed by atoms with van der Waals surface area (Å²) >= 11 is 0. The molecule has 0 bridgehead atoms. The van der Waals surface area contributed by atoms with Gasteiger partial charge in [0.05, 0.1) is 12.5 Å². The second-order valence-electron chi connectivity index (χ2n) is 6.95. The molecule has 0 saturated carbocycles. The zero-order valence-corrected chi connectivity index (χ0v) is 15.9. The molecule has 2 aromatic carbocycles. The minimum Gasteiger partial charge on any atom is -0.494 e. The third kappa shape index (κ3) is 4.88. The summed E-state index contributed by atoms with van der Waals surface area (Å²) in [5.74, 6) is 0.376. The van der Waals surface area contributed by atoms with Gasteiger partial charge in [0.15, 0.2) is 0 Å². The molecule has 1 N–H and O–H groups in total. The molecule has 1 atom stereocenters. The van der Waals surface area contributed by atoms with Crippen LogP contribution in [0, 0.1) is 12.8 Å². The molecule has 0 spiro atoms. The van der Waals surface area contributed by atoms with Crippen LogP contribution in [0.4, 0.5) is 5.69 Å². The Kier molecular flexibility index (Phi) is 6.12.